The van der Waals surface area contributed by atoms with Crippen molar-refractivity contribution in [1.82, 2.24) is 0 Å². The van der Waals surface area contributed by atoms with Crippen molar-refractivity contribution < 1.29 is 14.3 Å². The summed E-state index contributed by atoms with van der Waals surface area (Å²) >= 11 is 0. The van der Waals surface area contributed by atoms with Gasteiger partial charge in [-0.1, -0.05) is 12.1 Å². The number of benzene rings is 1. The Kier molecular flexibility index (Phi) is 3.76. The summed E-state index contributed by atoms with van der Waals surface area (Å²) in [6.45, 7) is 2.20. The molecule has 1 N–H and O–H groups in total. The van der Waals surface area contributed by atoms with E-state index >= 15 is 0 Å². The van der Waals surface area contributed by atoms with Crippen LogP contribution in [-0.4, -0.2) is 18.1 Å². The van der Waals surface area contributed by atoms with E-state index < -0.39 is 5.97 Å². The highest BCUT2D eigenvalue weighted by molar-refractivity contribution is 5.84. The number of furan rings is 1. The van der Waals surface area contributed by atoms with Gasteiger partial charge in [0.05, 0.1) is 11.3 Å². The maximum Gasteiger partial charge on any atom is 0.371 e. The van der Waals surface area contributed by atoms with Crippen molar-refractivity contribution in [3.05, 3.63) is 53.0 Å². The van der Waals surface area contributed by atoms with Crippen molar-refractivity contribution >= 4 is 11.7 Å². The van der Waals surface area contributed by atoms with Gasteiger partial charge >= 0.3 is 5.97 Å². The summed E-state index contributed by atoms with van der Waals surface area (Å²) < 4.78 is 5.18. The zero-order valence-corrected chi connectivity index (χ0v) is 11.3. The lowest BCUT2D eigenvalue weighted by atomic mass is 10.1. The SMILES string of the molecule is Cc1oc(C(=O)O)cc1CN(C)c1ccccc1C#N. The maximum atomic E-state index is 10.9. The standard InChI is InChI=1S/C15H14N2O3/c1-10-12(7-14(20-10)15(18)19)9-17(2)13-6-4-3-5-11(13)8-16/h3-7H,9H2,1-2H3,(H,18,19). The second-order valence-corrected chi connectivity index (χ2v) is 4.48. The highest BCUT2D eigenvalue weighted by Gasteiger charge is 2.15. The number of carboxylic acids is 1. The smallest absolute Gasteiger partial charge is 0.371 e. The first-order chi connectivity index (χ1) is 9.52. The Morgan fingerprint density at radius 3 is 2.75 bits per heavy atom. The molecule has 20 heavy (non-hydrogen) atoms. The number of aryl methyl sites for hydroxylation is 1. The molecule has 2 aromatic rings. The second-order valence-electron chi connectivity index (χ2n) is 4.48. The molecule has 0 unspecified atom stereocenters. The Morgan fingerprint density at radius 1 is 1.45 bits per heavy atom. The Labute approximate surface area is 116 Å². The fourth-order valence-electron chi connectivity index (χ4n) is 2.02. The number of anilines is 1. The lowest BCUT2D eigenvalue weighted by molar-refractivity contribution is 0.0661. The quantitative estimate of drug-likeness (QED) is 0.924. The first kappa shape index (κ1) is 13.7. The molecule has 1 aromatic heterocycles. The van der Waals surface area contributed by atoms with Gasteiger partial charge in [0, 0.05) is 19.2 Å². The van der Waals surface area contributed by atoms with Gasteiger partial charge < -0.3 is 14.4 Å². The first-order valence-corrected chi connectivity index (χ1v) is 6.05. The molecule has 0 saturated carbocycles. The van der Waals surface area contributed by atoms with Crippen molar-refractivity contribution in [1.29, 1.82) is 5.26 Å². The molecule has 0 aliphatic heterocycles. The van der Waals surface area contributed by atoms with Crippen molar-refractivity contribution in [2.45, 2.75) is 13.5 Å². The highest BCUT2D eigenvalue weighted by Crippen LogP contribution is 2.22. The molecule has 0 aliphatic rings. The van der Waals surface area contributed by atoms with E-state index in [4.69, 9.17) is 14.8 Å². The third-order valence-corrected chi connectivity index (χ3v) is 3.07. The van der Waals surface area contributed by atoms with Crippen LogP contribution >= 0.6 is 0 Å². The van der Waals surface area contributed by atoms with E-state index in [1.807, 2.05) is 30.1 Å². The Balaban J connectivity index is 2.26. The molecule has 102 valence electrons. The minimum absolute atomic E-state index is 0.0699. The van der Waals surface area contributed by atoms with E-state index in [0.29, 0.717) is 17.9 Å². The summed E-state index contributed by atoms with van der Waals surface area (Å²) in [5.74, 6) is -0.581. The Hall–Kier alpha value is -2.74. The molecule has 0 saturated heterocycles. The summed E-state index contributed by atoms with van der Waals surface area (Å²) in [7, 11) is 1.85. The number of hydrogen-bond donors (Lipinski definition) is 1. The minimum Gasteiger partial charge on any atom is -0.475 e. The van der Waals surface area contributed by atoms with Crippen LogP contribution in [0.4, 0.5) is 5.69 Å². The molecule has 0 aliphatic carbocycles. The zero-order chi connectivity index (χ0) is 14.7. The number of rotatable bonds is 4. The van der Waals surface area contributed by atoms with E-state index in [9.17, 15) is 4.79 Å². The van der Waals surface area contributed by atoms with Gasteiger partial charge in [0.15, 0.2) is 0 Å². The normalized spacial score (nSPS) is 10.1. The van der Waals surface area contributed by atoms with Crippen LogP contribution in [0.1, 0.15) is 27.4 Å². The molecule has 0 spiro atoms. The maximum absolute atomic E-state index is 10.9. The fourth-order valence-corrected chi connectivity index (χ4v) is 2.02. The zero-order valence-electron chi connectivity index (χ0n) is 11.3. The largest absolute Gasteiger partial charge is 0.475 e. The van der Waals surface area contributed by atoms with Crippen molar-refractivity contribution in [2.24, 2.45) is 0 Å². The summed E-state index contributed by atoms with van der Waals surface area (Å²) in [5.41, 5.74) is 2.17. The summed E-state index contributed by atoms with van der Waals surface area (Å²) in [4.78, 5) is 12.8. The van der Waals surface area contributed by atoms with Crippen LogP contribution in [0.3, 0.4) is 0 Å². The van der Waals surface area contributed by atoms with Crippen LogP contribution in [0.25, 0.3) is 0 Å². The molecule has 0 atom stereocenters. The van der Waals surface area contributed by atoms with Crippen molar-refractivity contribution in [2.75, 3.05) is 11.9 Å². The van der Waals surface area contributed by atoms with Crippen LogP contribution < -0.4 is 4.90 Å². The lowest BCUT2D eigenvalue weighted by Gasteiger charge is -2.19. The van der Waals surface area contributed by atoms with Gasteiger partial charge in [-0.3, -0.25) is 0 Å². The van der Waals surface area contributed by atoms with Crippen molar-refractivity contribution in [3.63, 3.8) is 0 Å². The number of hydrogen-bond acceptors (Lipinski definition) is 4. The van der Waals surface area contributed by atoms with Crippen molar-refractivity contribution in [3.8, 4) is 6.07 Å². The number of nitrogens with zero attached hydrogens (tertiary/aromatic N) is 2. The first-order valence-electron chi connectivity index (χ1n) is 6.05. The van der Waals surface area contributed by atoms with Gasteiger partial charge in [0.1, 0.15) is 11.8 Å². The van der Waals surface area contributed by atoms with Crippen LogP contribution in [-0.2, 0) is 6.54 Å². The second kappa shape index (κ2) is 5.49. The van der Waals surface area contributed by atoms with Crippen LogP contribution in [0.5, 0.6) is 0 Å². The topological polar surface area (TPSA) is 77.5 Å². The van der Waals surface area contributed by atoms with Gasteiger partial charge in [-0.05, 0) is 25.1 Å². The molecule has 0 bridgehead atoms. The number of nitriles is 1. The summed E-state index contributed by atoms with van der Waals surface area (Å²) in [6.07, 6.45) is 0. The highest BCUT2D eigenvalue weighted by atomic mass is 16.4. The van der Waals surface area contributed by atoms with E-state index in [-0.39, 0.29) is 5.76 Å². The lowest BCUT2D eigenvalue weighted by Crippen LogP contribution is -2.17. The molecule has 5 heteroatoms. The number of carboxylic acid groups (broad SMARTS) is 1. The molecular formula is C15H14N2O3. The van der Waals surface area contributed by atoms with Crippen LogP contribution in [0.2, 0.25) is 0 Å². The summed E-state index contributed by atoms with van der Waals surface area (Å²) in [6, 6.07) is 10.9. The van der Waals surface area contributed by atoms with Gasteiger partial charge in [-0.15, -0.1) is 0 Å². The van der Waals surface area contributed by atoms with E-state index in [1.54, 1.807) is 13.0 Å². The monoisotopic (exact) mass is 270 g/mol. The Morgan fingerprint density at radius 2 is 2.15 bits per heavy atom. The molecule has 0 radical (unpaired) electrons. The average Bonchev–Trinajstić information content (AvgIpc) is 2.80. The molecule has 0 fully saturated rings. The fraction of sp³-hybridized carbons (Fsp3) is 0.200. The minimum atomic E-state index is -1.08. The third kappa shape index (κ3) is 2.64. The molecule has 1 aromatic carbocycles. The third-order valence-electron chi connectivity index (χ3n) is 3.07. The van der Waals surface area contributed by atoms with Gasteiger partial charge in [0.25, 0.3) is 0 Å². The molecular weight excluding hydrogens is 256 g/mol. The molecule has 2 rings (SSSR count). The average molecular weight is 270 g/mol. The Bertz CT molecular complexity index is 683. The van der Waals surface area contributed by atoms with E-state index in [2.05, 4.69) is 6.07 Å². The molecule has 1 heterocycles. The van der Waals surface area contributed by atoms with Gasteiger partial charge in [-0.2, -0.15) is 5.26 Å². The molecule has 5 nitrogen and oxygen atoms in total. The predicted molar refractivity (Wildman–Crippen MR) is 73.7 cm³/mol. The van der Waals surface area contributed by atoms with Crippen LogP contribution in [0, 0.1) is 18.3 Å². The number of para-hydroxylation sites is 1. The van der Waals surface area contributed by atoms with E-state index in [1.165, 1.54) is 6.07 Å². The predicted octanol–water partition coefficient (Wildman–Crippen LogP) is 2.79. The van der Waals surface area contributed by atoms with E-state index in [0.717, 1.165) is 11.3 Å². The van der Waals surface area contributed by atoms with Gasteiger partial charge in [0.2, 0.25) is 5.76 Å². The van der Waals surface area contributed by atoms with Gasteiger partial charge in [-0.25, -0.2) is 4.79 Å². The number of carbonyl (C=O) groups is 1. The summed E-state index contributed by atoms with van der Waals surface area (Å²) in [5, 5.41) is 18.0. The molecule has 0 amide bonds. The number of aromatic carboxylic acids is 1. The van der Waals surface area contributed by atoms with Crippen LogP contribution in [0.15, 0.2) is 34.7 Å².